The Morgan fingerprint density at radius 3 is 2.50 bits per heavy atom. The Morgan fingerprint density at radius 1 is 1.06 bits per heavy atom. The summed E-state index contributed by atoms with van der Waals surface area (Å²) in [6.45, 7) is 6.73. The van der Waals surface area contributed by atoms with Gasteiger partial charge in [0, 0.05) is 45.3 Å². The average Bonchev–Trinajstić information content (AvgIpc) is 3.36. The lowest BCUT2D eigenvalue weighted by Crippen LogP contribution is -2.38. The van der Waals surface area contributed by atoms with Crippen molar-refractivity contribution in [2.75, 3.05) is 50.8 Å². The predicted octanol–water partition coefficient (Wildman–Crippen LogP) is 1.76. The van der Waals surface area contributed by atoms with Crippen LogP contribution in [-0.4, -0.2) is 72.6 Å². The SMILES string of the molecule is Cc1ccc(CC(=O)NCCc2nc(N3CCOCC3)ncc2C(=O)N2CCCC2)cc1. The molecule has 0 aliphatic carbocycles. The fraction of sp³-hybridized carbons (Fsp3) is 0.500. The number of aromatic nitrogens is 2. The fourth-order valence-electron chi connectivity index (χ4n) is 4.06. The van der Waals surface area contributed by atoms with Gasteiger partial charge in [-0.1, -0.05) is 29.8 Å². The van der Waals surface area contributed by atoms with Gasteiger partial charge >= 0.3 is 0 Å². The number of ether oxygens (including phenoxy) is 1. The van der Waals surface area contributed by atoms with Crippen LogP contribution in [-0.2, 0) is 22.4 Å². The van der Waals surface area contributed by atoms with Crippen LogP contribution in [0, 0.1) is 6.92 Å². The van der Waals surface area contributed by atoms with E-state index in [1.807, 2.05) is 36.1 Å². The van der Waals surface area contributed by atoms with Gasteiger partial charge in [-0.2, -0.15) is 0 Å². The lowest BCUT2D eigenvalue weighted by atomic mass is 10.1. The molecule has 1 aromatic carbocycles. The molecule has 2 aliphatic heterocycles. The van der Waals surface area contributed by atoms with Crippen molar-refractivity contribution in [1.82, 2.24) is 20.2 Å². The van der Waals surface area contributed by atoms with Crippen LogP contribution in [0.25, 0.3) is 0 Å². The second-order valence-corrected chi connectivity index (χ2v) is 8.39. The molecule has 3 heterocycles. The fourth-order valence-corrected chi connectivity index (χ4v) is 4.06. The molecule has 0 spiro atoms. The molecule has 170 valence electrons. The number of aryl methyl sites for hydroxylation is 1. The second kappa shape index (κ2) is 10.5. The summed E-state index contributed by atoms with van der Waals surface area (Å²) in [4.78, 5) is 38.6. The summed E-state index contributed by atoms with van der Waals surface area (Å²) < 4.78 is 5.42. The summed E-state index contributed by atoms with van der Waals surface area (Å²) in [5.41, 5.74) is 3.38. The summed E-state index contributed by atoms with van der Waals surface area (Å²) in [7, 11) is 0. The average molecular weight is 438 g/mol. The zero-order valence-electron chi connectivity index (χ0n) is 18.7. The monoisotopic (exact) mass is 437 g/mol. The highest BCUT2D eigenvalue weighted by molar-refractivity contribution is 5.95. The highest BCUT2D eigenvalue weighted by atomic mass is 16.5. The molecule has 8 heteroatoms. The highest BCUT2D eigenvalue weighted by Gasteiger charge is 2.24. The second-order valence-electron chi connectivity index (χ2n) is 8.39. The third-order valence-electron chi connectivity index (χ3n) is 5.94. The number of morpholine rings is 1. The first-order valence-corrected chi connectivity index (χ1v) is 11.4. The molecule has 1 aromatic heterocycles. The van der Waals surface area contributed by atoms with Crippen LogP contribution in [0.4, 0.5) is 5.95 Å². The Bertz CT molecular complexity index is 935. The van der Waals surface area contributed by atoms with Gasteiger partial charge in [-0.3, -0.25) is 9.59 Å². The minimum atomic E-state index is -0.0382. The first-order valence-electron chi connectivity index (χ1n) is 11.4. The van der Waals surface area contributed by atoms with Crippen molar-refractivity contribution < 1.29 is 14.3 Å². The normalized spacial score (nSPS) is 16.3. The molecule has 4 rings (SSSR count). The van der Waals surface area contributed by atoms with E-state index in [2.05, 4.69) is 15.2 Å². The van der Waals surface area contributed by atoms with Crippen LogP contribution in [0.1, 0.15) is 40.0 Å². The van der Waals surface area contributed by atoms with E-state index in [1.54, 1.807) is 6.20 Å². The molecule has 32 heavy (non-hydrogen) atoms. The third kappa shape index (κ3) is 5.62. The number of carbonyl (C=O) groups excluding carboxylic acids is 2. The predicted molar refractivity (Wildman–Crippen MR) is 122 cm³/mol. The summed E-state index contributed by atoms with van der Waals surface area (Å²) >= 11 is 0. The van der Waals surface area contributed by atoms with Crippen molar-refractivity contribution in [1.29, 1.82) is 0 Å². The number of hydrogen-bond donors (Lipinski definition) is 1. The molecule has 2 aliphatic rings. The summed E-state index contributed by atoms with van der Waals surface area (Å²) in [5, 5.41) is 2.97. The van der Waals surface area contributed by atoms with E-state index in [9.17, 15) is 9.59 Å². The molecule has 2 fully saturated rings. The Balaban J connectivity index is 1.43. The number of nitrogens with one attached hydrogen (secondary N) is 1. The molecule has 0 unspecified atom stereocenters. The van der Waals surface area contributed by atoms with E-state index in [0.717, 1.165) is 44.6 Å². The molecule has 0 saturated carbocycles. The molecule has 0 radical (unpaired) electrons. The standard InChI is InChI=1S/C24H31N5O3/c1-18-4-6-19(7-5-18)16-22(30)25-9-8-21-20(23(31)28-10-2-3-11-28)17-26-24(27-21)29-12-14-32-15-13-29/h4-7,17H,2-3,8-16H2,1H3,(H,25,30). The Labute approximate surface area is 189 Å². The van der Waals surface area contributed by atoms with Gasteiger partial charge in [0.05, 0.1) is 30.9 Å². The number of nitrogens with zero attached hydrogens (tertiary/aromatic N) is 4. The van der Waals surface area contributed by atoms with Crippen molar-refractivity contribution in [3.05, 3.63) is 52.8 Å². The van der Waals surface area contributed by atoms with Gasteiger partial charge in [0.2, 0.25) is 11.9 Å². The maximum absolute atomic E-state index is 13.0. The van der Waals surface area contributed by atoms with Gasteiger partial charge in [-0.25, -0.2) is 9.97 Å². The number of anilines is 1. The smallest absolute Gasteiger partial charge is 0.257 e. The van der Waals surface area contributed by atoms with E-state index < -0.39 is 0 Å². The lowest BCUT2D eigenvalue weighted by Gasteiger charge is -2.27. The topological polar surface area (TPSA) is 87.7 Å². The van der Waals surface area contributed by atoms with Gasteiger partial charge in [-0.05, 0) is 25.3 Å². The van der Waals surface area contributed by atoms with Gasteiger partial charge < -0.3 is 19.9 Å². The van der Waals surface area contributed by atoms with Gasteiger partial charge in [0.15, 0.2) is 0 Å². The first kappa shape index (κ1) is 22.2. The first-order chi connectivity index (χ1) is 15.6. The van der Waals surface area contributed by atoms with Crippen LogP contribution < -0.4 is 10.2 Å². The maximum Gasteiger partial charge on any atom is 0.257 e. The highest BCUT2D eigenvalue weighted by Crippen LogP contribution is 2.18. The zero-order valence-corrected chi connectivity index (χ0v) is 18.7. The van der Waals surface area contributed by atoms with Crippen molar-refractivity contribution >= 4 is 17.8 Å². The summed E-state index contributed by atoms with van der Waals surface area (Å²) in [6.07, 6.45) is 4.53. The minimum absolute atomic E-state index is 0.0167. The van der Waals surface area contributed by atoms with Crippen LogP contribution >= 0.6 is 0 Å². The van der Waals surface area contributed by atoms with Crippen molar-refractivity contribution in [3.8, 4) is 0 Å². The molecule has 0 bridgehead atoms. The minimum Gasteiger partial charge on any atom is -0.378 e. The van der Waals surface area contributed by atoms with Crippen LogP contribution in [0.2, 0.25) is 0 Å². The van der Waals surface area contributed by atoms with Crippen LogP contribution in [0.3, 0.4) is 0 Å². The van der Waals surface area contributed by atoms with E-state index in [0.29, 0.717) is 49.8 Å². The van der Waals surface area contributed by atoms with Crippen molar-refractivity contribution in [3.63, 3.8) is 0 Å². The van der Waals surface area contributed by atoms with E-state index in [-0.39, 0.29) is 11.8 Å². The summed E-state index contributed by atoms with van der Waals surface area (Å²) in [5.74, 6) is 0.563. The molecule has 0 atom stereocenters. The maximum atomic E-state index is 13.0. The molecule has 8 nitrogen and oxygen atoms in total. The third-order valence-corrected chi connectivity index (χ3v) is 5.94. The number of hydrogen-bond acceptors (Lipinski definition) is 6. The molecule has 2 saturated heterocycles. The lowest BCUT2D eigenvalue weighted by molar-refractivity contribution is -0.120. The number of likely N-dealkylation sites (tertiary alicyclic amines) is 1. The van der Waals surface area contributed by atoms with E-state index in [4.69, 9.17) is 9.72 Å². The molecular formula is C24H31N5O3. The van der Waals surface area contributed by atoms with Gasteiger partial charge in [0.1, 0.15) is 0 Å². The summed E-state index contributed by atoms with van der Waals surface area (Å²) in [6, 6.07) is 7.96. The quantitative estimate of drug-likeness (QED) is 0.710. The molecule has 2 aromatic rings. The van der Waals surface area contributed by atoms with E-state index >= 15 is 0 Å². The Kier molecular flexibility index (Phi) is 7.32. The zero-order chi connectivity index (χ0) is 22.3. The van der Waals surface area contributed by atoms with Crippen LogP contribution in [0.5, 0.6) is 0 Å². The largest absolute Gasteiger partial charge is 0.378 e. The molecular weight excluding hydrogens is 406 g/mol. The van der Waals surface area contributed by atoms with Gasteiger partial charge in [0.25, 0.3) is 5.91 Å². The Morgan fingerprint density at radius 2 is 1.78 bits per heavy atom. The van der Waals surface area contributed by atoms with Crippen molar-refractivity contribution in [2.24, 2.45) is 0 Å². The molecule has 1 N–H and O–H groups in total. The van der Waals surface area contributed by atoms with Crippen molar-refractivity contribution in [2.45, 2.75) is 32.6 Å². The van der Waals surface area contributed by atoms with Crippen LogP contribution in [0.15, 0.2) is 30.5 Å². The number of carbonyl (C=O) groups is 2. The van der Waals surface area contributed by atoms with Gasteiger partial charge in [-0.15, -0.1) is 0 Å². The number of rotatable bonds is 7. The Hall–Kier alpha value is -3.00. The molecule has 2 amide bonds. The number of amides is 2. The van der Waals surface area contributed by atoms with E-state index in [1.165, 1.54) is 5.56 Å². The number of benzene rings is 1.